The molecule has 5 heteroatoms. The number of nitrogens with zero attached hydrogens (tertiary/aromatic N) is 3. The van der Waals surface area contributed by atoms with E-state index >= 15 is 0 Å². The molecule has 0 aliphatic heterocycles. The van der Waals surface area contributed by atoms with Crippen molar-refractivity contribution in [3.05, 3.63) is 46.0 Å². The van der Waals surface area contributed by atoms with E-state index in [0.717, 1.165) is 41.8 Å². The Morgan fingerprint density at radius 1 is 1.33 bits per heavy atom. The maximum Gasteiger partial charge on any atom is 0.0738 e. The molecule has 1 unspecified atom stereocenters. The average molecular weight is 351 g/mol. The maximum absolute atomic E-state index is 4.58. The van der Waals surface area contributed by atoms with Gasteiger partial charge >= 0.3 is 0 Å². The summed E-state index contributed by atoms with van der Waals surface area (Å²) in [4.78, 5) is 4.51. The normalized spacial score (nSPS) is 12.6. The van der Waals surface area contributed by atoms with E-state index in [1.807, 2.05) is 25.3 Å². The summed E-state index contributed by atoms with van der Waals surface area (Å²) in [5.74, 6) is 0. The van der Waals surface area contributed by atoms with Crippen LogP contribution in [0.1, 0.15) is 43.4 Å². The summed E-state index contributed by atoms with van der Waals surface area (Å²) in [5.41, 5.74) is 3.36. The molecule has 2 aromatic rings. The van der Waals surface area contributed by atoms with E-state index in [1.165, 1.54) is 5.69 Å². The number of hydrogen-bond acceptors (Lipinski definition) is 3. The molecule has 4 nitrogen and oxygen atoms in total. The van der Waals surface area contributed by atoms with Crippen LogP contribution in [-0.2, 0) is 13.0 Å². The van der Waals surface area contributed by atoms with E-state index in [2.05, 4.69) is 55.9 Å². The summed E-state index contributed by atoms with van der Waals surface area (Å²) in [7, 11) is 0. The second-order valence-electron chi connectivity index (χ2n) is 5.13. The van der Waals surface area contributed by atoms with E-state index in [4.69, 9.17) is 0 Å². The van der Waals surface area contributed by atoms with Gasteiger partial charge in [-0.25, -0.2) is 0 Å². The number of pyridine rings is 1. The molecule has 1 atom stereocenters. The Morgan fingerprint density at radius 2 is 2.14 bits per heavy atom. The zero-order chi connectivity index (χ0) is 15.2. The minimum Gasteiger partial charge on any atom is -0.308 e. The molecule has 0 aliphatic rings. The average Bonchev–Trinajstić information content (AvgIpc) is 2.79. The molecule has 21 heavy (non-hydrogen) atoms. The van der Waals surface area contributed by atoms with Gasteiger partial charge in [0.25, 0.3) is 0 Å². The zero-order valence-corrected chi connectivity index (χ0v) is 14.5. The summed E-state index contributed by atoms with van der Waals surface area (Å²) in [6.45, 7) is 8.20. The van der Waals surface area contributed by atoms with Crippen LogP contribution in [0.25, 0.3) is 0 Å². The van der Waals surface area contributed by atoms with Crippen molar-refractivity contribution in [2.75, 3.05) is 6.54 Å². The third-order valence-electron chi connectivity index (χ3n) is 3.54. The third-order valence-corrected chi connectivity index (χ3v) is 4.57. The van der Waals surface area contributed by atoms with Gasteiger partial charge < -0.3 is 5.32 Å². The van der Waals surface area contributed by atoms with Gasteiger partial charge in [-0.2, -0.15) is 5.10 Å². The summed E-state index contributed by atoms with van der Waals surface area (Å²) in [6, 6.07) is 6.29. The Labute approximate surface area is 135 Å². The quantitative estimate of drug-likeness (QED) is 0.828. The van der Waals surface area contributed by atoms with Gasteiger partial charge in [0.1, 0.15) is 0 Å². The second kappa shape index (κ2) is 7.71. The smallest absolute Gasteiger partial charge is 0.0738 e. The van der Waals surface area contributed by atoms with Gasteiger partial charge in [-0.3, -0.25) is 9.67 Å². The summed E-state index contributed by atoms with van der Waals surface area (Å²) < 4.78 is 3.19. The molecule has 0 fully saturated rings. The number of hydrogen-bond donors (Lipinski definition) is 1. The van der Waals surface area contributed by atoms with Crippen molar-refractivity contribution in [3.63, 3.8) is 0 Å². The third kappa shape index (κ3) is 3.92. The predicted molar refractivity (Wildman–Crippen MR) is 89.3 cm³/mol. The summed E-state index contributed by atoms with van der Waals surface area (Å²) in [6.07, 6.45) is 3.84. The van der Waals surface area contributed by atoms with Crippen LogP contribution in [0.2, 0.25) is 0 Å². The van der Waals surface area contributed by atoms with E-state index in [0.29, 0.717) is 0 Å². The highest BCUT2D eigenvalue weighted by Gasteiger charge is 2.19. The second-order valence-corrected chi connectivity index (χ2v) is 5.92. The Kier molecular flexibility index (Phi) is 5.94. The van der Waals surface area contributed by atoms with Crippen LogP contribution >= 0.6 is 15.9 Å². The van der Waals surface area contributed by atoms with E-state index < -0.39 is 0 Å². The molecule has 2 heterocycles. The van der Waals surface area contributed by atoms with Crippen molar-refractivity contribution in [3.8, 4) is 0 Å². The Morgan fingerprint density at radius 3 is 2.76 bits per heavy atom. The molecule has 0 bridgehead atoms. The van der Waals surface area contributed by atoms with Gasteiger partial charge in [0.2, 0.25) is 0 Å². The molecule has 0 saturated carbocycles. The summed E-state index contributed by atoms with van der Waals surface area (Å²) >= 11 is 3.68. The lowest BCUT2D eigenvalue weighted by atomic mass is 10.1. The molecular weight excluding hydrogens is 328 g/mol. The maximum atomic E-state index is 4.58. The first-order valence-electron chi connectivity index (χ1n) is 7.53. The molecule has 0 radical (unpaired) electrons. The zero-order valence-electron chi connectivity index (χ0n) is 12.9. The van der Waals surface area contributed by atoms with Gasteiger partial charge in [0.15, 0.2) is 0 Å². The fourth-order valence-electron chi connectivity index (χ4n) is 2.44. The fourth-order valence-corrected chi connectivity index (χ4v) is 2.89. The van der Waals surface area contributed by atoms with E-state index in [1.54, 1.807) is 0 Å². The topological polar surface area (TPSA) is 42.7 Å². The van der Waals surface area contributed by atoms with Crippen LogP contribution in [0.3, 0.4) is 0 Å². The Hall–Kier alpha value is -1.20. The molecule has 0 aliphatic carbocycles. The van der Waals surface area contributed by atoms with Crippen LogP contribution in [0, 0.1) is 6.92 Å². The van der Waals surface area contributed by atoms with Gasteiger partial charge in [0, 0.05) is 19.2 Å². The predicted octanol–water partition coefficient (Wildman–Crippen LogP) is 3.65. The van der Waals surface area contributed by atoms with Crippen molar-refractivity contribution in [1.29, 1.82) is 0 Å². The lowest BCUT2D eigenvalue weighted by Crippen LogP contribution is -2.26. The van der Waals surface area contributed by atoms with Gasteiger partial charge in [-0.1, -0.05) is 13.0 Å². The fraction of sp³-hybridized carbons (Fsp3) is 0.500. The number of nitrogens with one attached hydrogen (secondary N) is 1. The largest absolute Gasteiger partial charge is 0.308 e. The van der Waals surface area contributed by atoms with Gasteiger partial charge in [0.05, 0.1) is 27.6 Å². The molecule has 114 valence electrons. The molecule has 1 N–H and O–H groups in total. The van der Waals surface area contributed by atoms with Crippen molar-refractivity contribution in [1.82, 2.24) is 20.1 Å². The van der Waals surface area contributed by atoms with Crippen LogP contribution in [0.4, 0.5) is 0 Å². The lowest BCUT2D eigenvalue weighted by molar-refractivity contribution is 0.493. The Balaban J connectivity index is 2.27. The number of aryl methyl sites for hydroxylation is 2. The first-order chi connectivity index (χ1) is 10.2. The minimum absolute atomic E-state index is 0.212. The molecule has 0 saturated heterocycles. The highest BCUT2D eigenvalue weighted by atomic mass is 79.9. The standard InChI is InChI=1S/C16H23BrN4/c1-4-9-18-14(13-8-6-7-10-19-13)11-15-16(17)12(3)20-21(15)5-2/h6-8,10,14,18H,4-5,9,11H2,1-3H3. The van der Waals surface area contributed by atoms with Crippen LogP contribution in [-0.4, -0.2) is 21.3 Å². The lowest BCUT2D eigenvalue weighted by Gasteiger charge is -2.19. The van der Waals surface area contributed by atoms with Gasteiger partial charge in [-0.15, -0.1) is 0 Å². The molecule has 2 rings (SSSR count). The first kappa shape index (κ1) is 16.2. The van der Waals surface area contributed by atoms with E-state index in [9.17, 15) is 0 Å². The Bertz CT molecular complexity index is 565. The van der Waals surface area contributed by atoms with Crippen molar-refractivity contribution < 1.29 is 0 Å². The molecular formula is C16H23BrN4. The first-order valence-corrected chi connectivity index (χ1v) is 8.32. The molecule has 0 aromatic carbocycles. The number of aromatic nitrogens is 3. The van der Waals surface area contributed by atoms with Crippen molar-refractivity contribution in [2.24, 2.45) is 0 Å². The van der Waals surface area contributed by atoms with E-state index in [-0.39, 0.29) is 6.04 Å². The number of halogens is 1. The van der Waals surface area contributed by atoms with Crippen LogP contribution in [0.5, 0.6) is 0 Å². The highest BCUT2D eigenvalue weighted by Crippen LogP contribution is 2.26. The minimum atomic E-state index is 0.212. The van der Waals surface area contributed by atoms with Crippen LogP contribution in [0.15, 0.2) is 28.9 Å². The monoisotopic (exact) mass is 350 g/mol. The number of rotatable bonds is 7. The highest BCUT2D eigenvalue weighted by molar-refractivity contribution is 9.10. The SMILES string of the molecule is CCCNC(Cc1c(Br)c(C)nn1CC)c1ccccn1. The molecule has 2 aromatic heterocycles. The van der Waals surface area contributed by atoms with Gasteiger partial charge in [-0.05, 0) is 54.9 Å². The molecule has 0 spiro atoms. The molecule has 0 amide bonds. The van der Waals surface area contributed by atoms with Crippen molar-refractivity contribution >= 4 is 15.9 Å². The summed E-state index contributed by atoms with van der Waals surface area (Å²) in [5, 5.41) is 8.17. The van der Waals surface area contributed by atoms with Crippen LogP contribution < -0.4 is 5.32 Å². The van der Waals surface area contributed by atoms with Crippen molar-refractivity contribution in [2.45, 2.75) is 46.2 Å².